The Morgan fingerprint density at radius 1 is 1.12 bits per heavy atom. The van der Waals surface area contributed by atoms with Crippen LogP contribution in [0.3, 0.4) is 0 Å². The van der Waals surface area contributed by atoms with E-state index in [1.54, 1.807) is 7.11 Å². The van der Waals surface area contributed by atoms with Crippen LogP contribution in [0.5, 0.6) is 11.5 Å². The van der Waals surface area contributed by atoms with Crippen LogP contribution in [0, 0.1) is 17.8 Å². The van der Waals surface area contributed by atoms with Crippen LogP contribution in [-0.4, -0.2) is 24.7 Å². The van der Waals surface area contributed by atoms with Crippen molar-refractivity contribution >= 4 is 5.91 Å². The number of rotatable bonds is 5. The Kier molecular flexibility index (Phi) is 3.93. The van der Waals surface area contributed by atoms with E-state index in [0.29, 0.717) is 5.75 Å². The van der Waals surface area contributed by atoms with Gasteiger partial charge in [0.1, 0.15) is 11.5 Å². The van der Waals surface area contributed by atoms with E-state index < -0.39 is 6.10 Å². The van der Waals surface area contributed by atoms with Crippen molar-refractivity contribution in [2.24, 2.45) is 17.8 Å². The van der Waals surface area contributed by atoms with Gasteiger partial charge in [0.2, 0.25) is 0 Å². The molecular formula is C20H27NO3. The third kappa shape index (κ3) is 2.99. The number of hydrogen-bond donors (Lipinski definition) is 1. The van der Waals surface area contributed by atoms with Crippen molar-refractivity contribution in [2.75, 3.05) is 7.11 Å². The van der Waals surface area contributed by atoms with Crippen molar-refractivity contribution in [3.8, 4) is 11.5 Å². The molecule has 4 aliphatic carbocycles. The summed E-state index contributed by atoms with van der Waals surface area (Å²) < 4.78 is 11.0. The fraction of sp³-hybridized carbons (Fsp3) is 0.650. The molecule has 5 rings (SSSR count). The molecule has 1 unspecified atom stereocenters. The summed E-state index contributed by atoms with van der Waals surface area (Å²) in [6.07, 6.45) is 7.13. The number of nitrogens with one attached hydrogen (secondary N) is 1. The second kappa shape index (κ2) is 5.98. The topological polar surface area (TPSA) is 47.6 Å². The first-order chi connectivity index (χ1) is 11.5. The van der Waals surface area contributed by atoms with Gasteiger partial charge in [-0.1, -0.05) is 6.07 Å². The molecule has 24 heavy (non-hydrogen) atoms. The zero-order chi connectivity index (χ0) is 16.7. The van der Waals surface area contributed by atoms with E-state index in [-0.39, 0.29) is 11.4 Å². The molecule has 1 aromatic carbocycles. The maximum absolute atomic E-state index is 12.7. The SMILES string of the molecule is COc1cccc(OC(C)C(=O)NC23CC4CC(CC(C4)C2)C3)c1. The minimum Gasteiger partial charge on any atom is -0.497 e. The Morgan fingerprint density at radius 2 is 1.71 bits per heavy atom. The molecular weight excluding hydrogens is 302 g/mol. The highest BCUT2D eigenvalue weighted by Crippen LogP contribution is 2.55. The van der Waals surface area contributed by atoms with Crippen molar-refractivity contribution < 1.29 is 14.3 Å². The Morgan fingerprint density at radius 3 is 2.29 bits per heavy atom. The van der Waals surface area contributed by atoms with Gasteiger partial charge in [-0.2, -0.15) is 0 Å². The van der Waals surface area contributed by atoms with Crippen molar-refractivity contribution in [3.05, 3.63) is 24.3 Å². The maximum Gasteiger partial charge on any atom is 0.261 e. The van der Waals surface area contributed by atoms with Crippen LogP contribution in [-0.2, 0) is 4.79 Å². The van der Waals surface area contributed by atoms with E-state index in [2.05, 4.69) is 5.32 Å². The molecule has 0 aliphatic heterocycles. The zero-order valence-corrected chi connectivity index (χ0v) is 14.6. The highest BCUT2D eigenvalue weighted by molar-refractivity contribution is 5.81. The largest absolute Gasteiger partial charge is 0.497 e. The first-order valence-electron chi connectivity index (χ1n) is 9.18. The van der Waals surface area contributed by atoms with Crippen molar-refractivity contribution in [2.45, 2.75) is 57.1 Å². The van der Waals surface area contributed by atoms with E-state index in [1.165, 1.54) is 19.3 Å². The quantitative estimate of drug-likeness (QED) is 0.899. The molecule has 0 aromatic heterocycles. The molecule has 1 amide bonds. The van der Waals surface area contributed by atoms with Gasteiger partial charge in [-0.25, -0.2) is 0 Å². The molecule has 0 spiro atoms. The van der Waals surface area contributed by atoms with E-state index >= 15 is 0 Å². The number of carbonyl (C=O) groups is 1. The molecule has 4 heteroatoms. The monoisotopic (exact) mass is 329 g/mol. The van der Waals surface area contributed by atoms with Crippen molar-refractivity contribution in [1.82, 2.24) is 5.32 Å². The van der Waals surface area contributed by atoms with Gasteiger partial charge in [-0.3, -0.25) is 4.79 Å². The van der Waals surface area contributed by atoms with Gasteiger partial charge < -0.3 is 14.8 Å². The average molecular weight is 329 g/mol. The molecule has 4 saturated carbocycles. The number of amides is 1. The molecule has 4 nitrogen and oxygen atoms in total. The van der Waals surface area contributed by atoms with E-state index in [9.17, 15) is 4.79 Å². The van der Waals surface area contributed by atoms with Gasteiger partial charge in [0.25, 0.3) is 5.91 Å². The lowest BCUT2D eigenvalue weighted by molar-refractivity contribution is -0.133. The van der Waals surface area contributed by atoms with Crippen LogP contribution in [0.2, 0.25) is 0 Å². The van der Waals surface area contributed by atoms with Crippen molar-refractivity contribution in [3.63, 3.8) is 0 Å². The van der Waals surface area contributed by atoms with E-state index in [0.717, 1.165) is 42.8 Å². The molecule has 0 saturated heterocycles. The van der Waals surface area contributed by atoms with Crippen LogP contribution >= 0.6 is 0 Å². The molecule has 4 bridgehead atoms. The second-order valence-corrected chi connectivity index (χ2v) is 8.13. The number of benzene rings is 1. The Balaban J connectivity index is 1.40. The highest BCUT2D eigenvalue weighted by atomic mass is 16.5. The minimum absolute atomic E-state index is 0.0137. The van der Waals surface area contributed by atoms with Crippen LogP contribution in [0.1, 0.15) is 45.4 Å². The number of methoxy groups -OCH3 is 1. The maximum atomic E-state index is 12.7. The van der Waals surface area contributed by atoms with Gasteiger partial charge >= 0.3 is 0 Å². The molecule has 0 radical (unpaired) electrons. The second-order valence-electron chi connectivity index (χ2n) is 8.13. The zero-order valence-electron chi connectivity index (χ0n) is 14.6. The van der Waals surface area contributed by atoms with E-state index in [1.807, 2.05) is 31.2 Å². The summed E-state index contributed by atoms with van der Waals surface area (Å²) in [6, 6.07) is 7.41. The molecule has 130 valence electrons. The van der Waals surface area contributed by atoms with Crippen LogP contribution < -0.4 is 14.8 Å². The average Bonchev–Trinajstić information content (AvgIpc) is 2.53. The molecule has 1 aromatic rings. The summed E-state index contributed by atoms with van der Waals surface area (Å²) in [6.45, 7) is 1.83. The first-order valence-corrected chi connectivity index (χ1v) is 9.18. The predicted molar refractivity (Wildman–Crippen MR) is 92.1 cm³/mol. The number of carbonyl (C=O) groups excluding carboxylic acids is 1. The first kappa shape index (κ1) is 15.8. The summed E-state index contributed by atoms with van der Waals surface area (Å²) in [5, 5.41) is 3.38. The fourth-order valence-electron chi connectivity index (χ4n) is 5.56. The summed E-state index contributed by atoms with van der Waals surface area (Å²) in [5.74, 6) is 3.90. The lowest BCUT2D eigenvalue weighted by Crippen LogP contribution is -2.61. The normalized spacial score (nSPS) is 34.7. The third-order valence-corrected chi connectivity index (χ3v) is 6.15. The van der Waals surface area contributed by atoms with Gasteiger partial charge in [-0.15, -0.1) is 0 Å². The highest BCUT2D eigenvalue weighted by Gasteiger charge is 2.51. The van der Waals surface area contributed by atoms with Gasteiger partial charge in [-0.05, 0) is 75.3 Å². The Hall–Kier alpha value is -1.71. The Bertz CT molecular complexity index is 592. The van der Waals surface area contributed by atoms with Crippen LogP contribution in [0.4, 0.5) is 0 Å². The Labute approximate surface area is 143 Å². The molecule has 0 heterocycles. The standard InChI is InChI=1S/C20H27NO3/c1-13(24-18-5-3-4-17(9-18)23-2)19(22)21-20-10-14-6-15(11-20)8-16(7-14)12-20/h3-5,9,13-16H,6-8,10-12H2,1-2H3,(H,21,22). The summed E-state index contributed by atoms with van der Waals surface area (Å²) in [5.41, 5.74) is 0.0395. The van der Waals surface area contributed by atoms with Gasteiger partial charge in [0, 0.05) is 11.6 Å². The molecule has 4 aliphatic rings. The molecule has 4 fully saturated rings. The van der Waals surface area contributed by atoms with Crippen LogP contribution in [0.15, 0.2) is 24.3 Å². The summed E-state index contributed by atoms with van der Waals surface area (Å²) >= 11 is 0. The molecule has 1 atom stereocenters. The molecule has 1 N–H and O–H groups in total. The number of hydrogen-bond acceptors (Lipinski definition) is 3. The predicted octanol–water partition coefficient (Wildman–Crippen LogP) is 3.55. The lowest BCUT2D eigenvalue weighted by Gasteiger charge is -2.57. The number of ether oxygens (including phenoxy) is 2. The summed E-state index contributed by atoms with van der Waals surface area (Å²) in [7, 11) is 1.63. The van der Waals surface area contributed by atoms with Gasteiger partial charge in [0.05, 0.1) is 7.11 Å². The minimum atomic E-state index is -0.495. The van der Waals surface area contributed by atoms with Gasteiger partial charge in [0.15, 0.2) is 6.10 Å². The fourth-order valence-corrected chi connectivity index (χ4v) is 5.56. The smallest absolute Gasteiger partial charge is 0.261 e. The van der Waals surface area contributed by atoms with E-state index in [4.69, 9.17) is 9.47 Å². The summed E-state index contributed by atoms with van der Waals surface area (Å²) in [4.78, 5) is 12.7. The third-order valence-electron chi connectivity index (χ3n) is 6.15. The van der Waals surface area contributed by atoms with Crippen molar-refractivity contribution in [1.29, 1.82) is 0 Å². The van der Waals surface area contributed by atoms with Crippen LogP contribution in [0.25, 0.3) is 0 Å². The lowest BCUT2D eigenvalue weighted by atomic mass is 9.53.